The smallest absolute Gasteiger partial charge is 0.259 e. The standard InChI is InChI=1S/C18H19N3O2/c1-12-17(13(2)23-20-12)18(22)21-10-6-9-16(21)15(11-19)14-7-4-3-5-8-14/h3-5,7-8,15-16H,6,9-10H2,1-2H3. The first-order valence-electron chi connectivity index (χ1n) is 7.82. The summed E-state index contributed by atoms with van der Waals surface area (Å²) in [7, 11) is 0. The van der Waals surface area contributed by atoms with Crippen molar-refractivity contribution in [2.75, 3.05) is 6.54 Å². The largest absolute Gasteiger partial charge is 0.361 e. The summed E-state index contributed by atoms with van der Waals surface area (Å²) in [5.74, 6) is 0.134. The van der Waals surface area contributed by atoms with Crippen molar-refractivity contribution in [3.05, 3.63) is 52.9 Å². The average molecular weight is 309 g/mol. The van der Waals surface area contributed by atoms with Crippen LogP contribution in [-0.2, 0) is 0 Å². The first-order chi connectivity index (χ1) is 11.1. The SMILES string of the molecule is Cc1noc(C)c1C(=O)N1CCCC1C(C#N)c1ccccc1. The van der Waals surface area contributed by atoms with Crippen molar-refractivity contribution in [3.63, 3.8) is 0 Å². The number of nitrogens with zero attached hydrogens (tertiary/aromatic N) is 3. The van der Waals surface area contributed by atoms with Gasteiger partial charge in [0, 0.05) is 6.54 Å². The van der Waals surface area contributed by atoms with Crippen molar-refractivity contribution in [1.82, 2.24) is 10.1 Å². The molecular formula is C18H19N3O2. The molecule has 23 heavy (non-hydrogen) atoms. The van der Waals surface area contributed by atoms with Gasteiger partial charge in [-0.3, -0.25) is 4.79 Å². The molecule has 5 nitrogen and oxygen atoms in total. The number of likely N-dealkylation sites (tertiary alicyclic amines) is 1. The number of hydrogen-bond donors (Lipinski definition) is 0. The summed E-state index contributed by atoms with van der Waals surface area (Å²) in [6.45, 7) is 4.18. The van der Waals surface area contributed by atoms with E-state index in [4.69, 9.17) is 4.52 Å². The molecule has 1 aromatic heterocycles. The van der Waals surface area contributed by atoms with Crippen molar-refractivity contribution < 1.29 is 9.32 Å². The van der Waals surface area contributed by atoms with Gasteiger partial charge in [0.15, 0.2) is 0 Å². The Morgan fingerprint density at radius 1 is 1.39 bits per heavy atom. The third kappa shape index (κ3) is 2.72. The van der Waals surface area contributed by atoms with Crippen molar-refractivity contribution in [2.24, 2.45) is 0 Å². The van der Waals surface area contributed by atoms with E-state index in [0.717, 1.165) is 18.4 Å². The summed E-state index contributed by atoms with van der Waals surface area (Å²) >= 11 is 0. The summed E-state index contributed by atoms with van der Waals surface area (Å²) in [4.78, 5) is 14.7. The Kier molecular flexibility index (Phi) is 4.16. The van der Waals surface area contributed by atoms with Gasteiger partial charge in [0.25, 0.3) is 5.91 Å². The number of amides is 1. The molecule has 1 amide bonds. The number of carbonyl (C=O) groups is 1. The number of rotatable bonds is 3. The van der Waals surface area contributed by atoms with Crippen LogP contribution in [0, 0.1) is 25.2 Å². The Labute approximate surface area is 135 Å². The van der Waals surface area contributed by atoms with Crippen LogP contribution in [0.4, 0.5) is 0 Å². The minimum absolute atomic E-state index is 0.0834. The van der Waals surface area contributed by atoms with Crippen LogP contribution in [0.5, 0.6) is 0 Å². The van der Waals surface area contributed by atoms with E-state index in [9.17, 15) is 10.1 Å². The minimum atomic E-state index is -0.317. The zero-order valence-electron chi connectivity index (χ0n) is 13.3. The lowest BCUT2D eigenvalue weighted by Crippen LogP contribution is -2.39. The van der Waals surface area contributed by atoms with Gasteiger partial charge in [-0.05, 0) is 32.3 Å². The van der Waals surface area contributed by atoms with Crippen molar-refractivity contribution in [1.29, 1.82) is 5.26 Å². The molecule has 2 unspecified atom stereocenters. The maximum atomic E-state index is 12.9. The molecule has 118 valence electrons. The van der Waals surface area contributed by atoms with E-state index in [2.05, 4.69) is 11.2 Å². The molecule has 0 aliphatic carbocycles. The van der Waals surface area contributed by atoms with Gasteiger partial charge in [0.1, 0.15) is 11.3 Å². The van der Waals surface area contributed by atoms with E-state index in [1.807, 2.05) is 35.2 Å². The fourth-order valence-electron chi connectivity index (χ4n) is 3.37. The van der Waals surface area contributed by atoms with Crippen LogP contribution < -0.4 is 0 Å². The van der Waals surface area contributed by atoms with Gasteiger partial charge < -0.3 is 9.42 Å². The first-order valence-corrected chi connectivity index (χ1v) is 7.82. The van der Waals surface area contributed by atoms with E-state index in [1.165, 1.54) is 0 Å². The second-order valence-electron chi connectivity index (χ2n) is 5.92. The number of hydrogen-bond acceptors (Lipinski definition) is 4. The highest BCUT2D eigenvalue weighted by molar-refractivity contribution is 5.96. The highest BCUT2D eigenvalue weighted by atomic mass is 16.5. The van der Waals surface area contributed by atoms with Crippen molar-refractivity contribution in [3.8, 4) is 6.07 Å². The number of carbonyl (C=O) groups excluding carboxylic acids is 1. The predicted molar refractivity (Wildman–Crippen MR) is 84.8 cm³/mol. The van der Waals surface area contributed by atoms with Crippen LogP contribution in [-0.4, -0.2) is 28.6 Å². The molecule has 0 radical (unpaired) electrons. The van der Waals surface area contributed by atoms with Crippen LogP contribution in [0.25, 0.3) is 0 Å². The summed E-state index contributed by atoms with van der Waals surface area (Å²) in [6, 6.07) is 12.0. The van der Waals surface area contributed by atoms with Crippen LogP contribution in [0.2, 0.25) is 0 Å². The fourth-order valence-corrected chi connectivity index (χ4v) is 3.37. The summed E-state index contributed by atoms with van der Waals surface area (Å²) in [5, 5.41) is 13.5. The van der Waals surface area contributed by atoms with Crippen LogP contribution in [0.1, 0.15) is 46.1 Å². The van der Waals surface area contributed by atoms with E-state index < -0.39 is 0 Å². The zero-order chi connectivity index (χ0) is 16.4. The quantitative estimate of drug-likeness (QED) is 0.873. The van der Waals surface area contributed by atoms with Gasteiger partial charge in [-0.1, -0.05) is 35.5 Å². The monoisotopic (exact) mass is 309 g/mol. The minimum Gasteiger partial charge on any atom is -0.361 e. The third-order valence-corrected chi connectivity index (χ3v) is 4.49. The summed E-state index contributed by atoms with van der Waals surface area (Å²) in [6.07, 6.45) is 1.74. The maximum Gasteiger partial charge on any atom is 0.259 e. The third-order valence-electron chi connectivity index (χ3n) is 4.49. The molecule has 0 bridgehead atoms. The number of benzene rings is 1. The molecule has 2 aromatic rings. The van der Waals surface area contributed by atoms with E-state index in [-0.39, 0.29) is 17.9 Å². The van der Waals surface area contributed by atoms with Gasteiger partial charge in [0.2, 0.25) is 0 Å². The first kappa shape index (κ1) is 15.3. The molecule has 1 aliphatic heterocycles. The molecule has 5 heteroatoms. The van der Waals surface area contributed by atoms with Crippen LogP contribution in [0.15, 0.2) is 34.9 Å². The van der Waals surface area contributed by atoms with Crippen molar-refractivity contribution >= 4 is 5.91 Å². The molecule has 1 aromatic carbocycles. The lowest BCUT2D eigenvalue weighted by Gasteiger charge is -2.28. The normalized spacial score (nSPS) is 18.7. The lowest BCUT2D eigenvalue weighted by molar-refractivity contribution is 0.0726. The molecule has 1 saturated heterocycles. The Balaban J connectivity index is 1.91. The van der Waals surface area contributed by atoms with Gasteiger partial charge in [0.05, 0.1) is 23.7 Å². The van der Waals surface area contributed by atoms with E-state index >= 15 is 0 Å². The fraction of sp³-hybridized carbons (Fsp3) is 0.389. The molecular weight excluding hydrogens is 290 g/mol. The molecule has 1 fully saturated rings. The Bertz CT molecular complexity index is 726. The second-order valence-corrected chi connectivity index (χ2v) is 5.92. The van der Waals surface area contributed by atoms with Gasteiger partial charge in [-0.15, -0.1) is 0 Å². The lowest BCUT2D eigenvalue weighted by atomic mass is 9.91. The van der Waals surface area contributed by atoms with E-state index in [1.54, 1.807) is 13.8 Å². The Morgan fingerprint density at radius 2 is 2.13 bits per heavy atom. The van der Waals surface area contributed by atoms with E-state index in [0.29, 0.717) is 23.6 Å². The topological polar surface area (TPSA) is 70.1 Å². The van der Waals surface area contributed by atoms with Crippen LogP contribution in [0.3, 0.4) is 0 Å². The molecule has 2 heterocycles. The van der Waals surface area contributed by atoms with Crippen LogP contribution >= 0.6 is 0 Å². The van der Waals surface area contributed by atoms with Gasteiger partial charge in [-0.2, -0.15) is 5.26 Å². The second kappa shape index (κ2) is 6.25. The molecule has 2 atom stereocenters. The number of aromatic nitrogens is 1. The average Bonchev–Trinajstić information content (AvgIpc) is 3.16. The maximum absolute atomic E-state index is 12.9. The van der Waals surface area contributed by atoms with Gasteiger partial charge in [-0.25, -0.2) is 0 Å². The zero-order valence-corrected chi connectivity index (χ0v) is 13.3. The molecule has 0 saturated carbocycles. The molecule has 1 aliphatic rings. The predicted octanol–water partition coefficient (Wildman–Crippen LogP) is 3.20. The Hall–Kier alpha value is -2.61. The molecule has 0 N–H and O–H groups in total. The number of nitriles is 1. The highest BCUT2D eigenvalue weighted by Crippen LogP contribution is 2.32. The highest BCUT2D eigenvalue weighted by Gasteiger charge is 2.37. The molecule has 3 rings (SSSR count). The molecule has 0 spiro atoms. The number of aryl methyl sites for hydroxylation is 2. The summed E-state index contributed by atoms with van der Waals surface area (Å²) < 4.78 is 5.12. The summed E-state index contributed by atoms with van der Waals surface area (Å²) in [5.41, 5.74) is 2.09. The Morgan fingerprint density at radius 3 is 2.74 bits per heavy atom. The van der Waals surface area contributed by atoms with Crippen molar-refractivity contribution in [2.45, 2.75) is 38.6 Å². The van der Waals surface area contributed by atoms with Gasteiger partial charge >= 0.3 is 0 Å².